The van der Waals surface area contributed by atoms with Gasteiger partial charge in [0.25, 0.3) is 5.91 Å². The second-order valence-corrected chi connectivity index (χ2v) is 12.0. The summed E-state index contributed by atoms with van der Waals surface area (Å²) >= 11 is 0. The largest absolute Gasteiger partial charge is 0.512 e. The van der Waals surface area contributed by atoms with E-state index >= 15 is 0 Å². The van der Waals surface area contributed by atoms with E-state index in [1.165, 1.54) is 0 Å². The average molecular weight is 610 g/mol. The Morgan fingerprint density at radius 3 is 2.04 bits per heavy atom. The number of amides is 1. The lowest BCUT2D eigenvalue weighted by Crippen LogP contribution is -2.36. The molecule has 0 radical (unpaired) electrons. The van der Waals surface area contributed by atoms with Crippen LogP contribution in [0.5, 0.6) is 28.7 Å². The van der Waals surface area contributed by atoms with E-state index in [0.29, 0.717) is 58.1 Å². The molecule has 5 aliphatic rings. The highest BCUT2D eigenvalue weighted by atomic mass is 16.7. The smallest absolute Gasteiger partial charge is 0.255 e. The van der Waals surface area contributed by atoms with E-state index in [4.69, 9.17) is 24.7 Å². The van der Waals surface area contributed by atoms with E-state index < -0.39 is 46.6 Å². The first-order valence-corrected chi connectivity index (χ1v) is 14.6. The molecule has 3 aromatic carbocycles. The van der Waals surface area contributed by atoms with Gasteiger partial charge in [0.15, 0.2) is 34.6 Å². The van der Waals surface area contributed by atoms with Crippen molar-refractivity contribution in [2.24, 2.45) is 23.5 Å². The fraction of sp³-hybridized carbons (Fsp3) is 0.265. The van der Waals surface area contributed by atoms with Crippen LogP contribution in [0.1, 0.15) is 35.2 Å². The molecule has 8 rings (SSSR count). The summed E-state index contributed by atoms with van der Waals surface area (Å²) < 4.78 is 22.2. The third-order valence-electron chi connectivity index (χ3n) is 9.56. The van der Waals surface area contributed by atoms with Crippen LogP contribution in [0.2, 0.25) is 0 Å². The number of phenols is 1. The Morgan fingerprint density at radius 1 is 0.778 bits per heavy atom. The van der Waals surface area contributed by atoms with Gasteiger partial charge in [0.2, 0.25) is 13.6 Å². The van der Waals surface area contributed by atoms with Crippen LogP contribution in [0, 0.1) is 17.8 Å². The molecule has 5 N–H and O–H groups in total. The van der Waals surface area contributed by atoms with Crippen molar-refractivity contribution < 1.29 is 48.7 Å². The Kier molecular flexibility index (Phi) is 5.90. The molecule has 3 unspecified atom stereocenters. The molecule has 3 atom stereocenters. The number of rotatable bonds is 3. The molecule has 45 heavy (non-hydrogen) atoms. The first-order valence-electron chi connectivity index (χ1n) is 14.6. The Balaban J connectivity index is 1.30. The number of primary amides is 1. The summed E-state index contributed by atoms with van der Waals surface area (Å²) in [4.78, 5) is 39.3. The van der Waals surface area contributed by atoms with Crippen molar-refractivity contribution in [2.75, 3.05) is 13.6 Å². The molecule has 2 aliphatic heterocycles. The highest BCUT2D eigenvalue weighted by molar-refractivity contribution is 6.19. The maximum Gasteiger partial charge on any atom is 0.255 e. The van der Waals surface area contributed by atoms with Crippen LogP contribution in [-0.2, 0) is 16.0 Å². The van der Waals surface area contributed by atoms with Crippen LogP contribution in [0.4, 0.5) is 0 Å². The first-order chi connectivity index (χ1) is 21.7. The number of aromatic hydroxyl groups is 1. The number of carbonyl (C=O) groups excluding carboxylic acids is 3. The Hall–Kier alpha value is -5.45. The number of fused-ring (bicyclic) bond motifs is 5. The average Bonchev–Trinajstić information content (AvgIpc) is 3.65. The van der Waals surface area contributed by atoms with Gasteiger partial charge in [0.1, 0.15) is 22.8 Å². The lowest BCUT2D eigenvalue weighted by atomic mass is 9.64. The minimum Gasteiger partial charge on any atom is -0.512 e. The quantitative estimate of drug-likeness (QED) is 0.306. The summed E-state index contributed by atoms with van der Waals surface area (Å²) in [5, 5.41) is 34.0. The zero-order chi connectivity index (χ0) is 31.1. The number of aliphatic hydroxyl groups is 2. The molecule has 0 saturated heterocycles. The fourth-order valence-electron chi connectivity index (χ4n) is 7.50. The van der Waals surface area contributed by atoms with E-state index in [2.05, 4.69) is 0 Å². The van der Waals surface area contributed by atoms with Gasteiger partial charge in [-0.2, -0.15) is 0 Å². The molecule has 3 aliphatic carbocycles. The molecular weight excluding hydrogens is 582 g/mol. The molecule has 1 amide bonds. The van der Waals surface area contributed by atoms with Crippen LogP contribution in [-0.4, -0.2) is 46.4 Å². The minimum atomic E-state index is -1.03. The number of allylic oxidation sites excluding steroid dienone is 3. The third-order valence-corrected chi connectivity index (χ3v) is 9.56. The summed E-state index contributed by atoms with van der Waals surface area (Å²) in [6.07, 6.45) is 0.348. The summed E-state index contributed by atoms with van der Waals surface area (Å²) in [5.41, 5.74) is 8.12. The van der Waals surface area contributed by atoms with Crippen LogP contribution in [0.3, 0.4) is 0 Å². The van der Waals surface area contributed by atoms with E-state index in [9.17, 15) is 29.7 Å². The number of carbonyl (C=O) groups is 3. The Labute approximate surface area is 256 Å². The molecule has 0 aromatic heterocycles. The Bertz CT molecular complexity index is 1940. The molecular formula is C34H27NO10. The number of ketones is 2. The highest BCUT2D eigenvalue weighted by Crippen LogP contribution is 2.53. The zero-order valence-corrected chi connectivity index (χ0v) is 23.8. The number of phenolic OH excluding ortho intramolecular Hbond substituents is 1. The maximum atomic E-state index is 14.4. The van der Waals surface area contributed by atoms with Crippen LogP contribution in [0.25, 0.3) is 22.3 Å². The predicted molar refractivity (Wildman–Crippen MR) is 157 cm³/mol. The second-order valence-electron chi connectivity index (χ2n) is 12.0. The summed E-state index contributed by atoms with van der Waals surface area (Å²) in [6, 6.07) is 12.5. The van der Waals surface area contributed by atoms with E-state index in [0.717, 1.165) is 5.56 Å². The standard InChI is InChI=1S/C34H27NO10/c35-34(41)30-22(36)7-16-5-17-6-21-18(14-1-3-24-26(8-14)44-12-42-24)10-19(15-2-4-25-27(9-15)45-13-43-25)32(39)29(21)33(40)28(17)31(38)20(16)11-23(30)37/h1-4,8-10,16-17,20,36,38-39H,5-7,11-13H2,(H2,35,41). The molecule has 228 valence electrons. The van der Waals surface area contributed by atoms with Gasteiger partial charge in [-0.25, -0.2) is 0 Å². The zero-order valence-electron chi connectivity index (χ0n) is 23.8. The van der Waals surface area contributed by atoms with Gasteiger partial charge in [0, 0.05) is 29.9 Å². The van der Waals surface area contributed by atoms with Crippen molar-refractivity contribution >= 4 is 17.5 Å². The lowest BCUT2D eigenvalue weighted by molar-refractivity contribution is -0.121. The van der Waals surface area contributed by atoms with Gasteiger partial charge in [-0.3, -0.25) is 14.4 Å². The SMILES string of the molecule is NC(=O)C1=C(O)CC2CC3Cc4c(-c5ccc6c(c5)OCO6)cc(-c5ccc6c(c5)OCO6)c(O)c4C(=O)C3=C(O)C2CC1=O. The van der Waals surface area contributed by atoms with Gasteiger partial charge >= 0.3 is 0 Å². The molecule has 0 bridgehead atoms. The van der Waals surface area contributed by atoms with Crippen LogP contribution in [0.15, 0.2) is 65.1 Å². The predicted octanol–water partition coefficient (Wildman–Crippen LogP) is 4.65. The first kappa shape index (κ1) is 27.1. The number of aliphatic hydroxyl groups excluding tert-OH is 2. The fourth-order valence-corrected chi connectivity index (χ4v) is 7.50. The number of ether oxygens (including phenoxy) is 4. The van der Waals surface area contributed by atoms with E-state index in [-0.39, 0.29) is 49.1 Å². The highest BCUT2D eigenvalue weighted by Gasteiger charge is 2.47. The molecule has 0 spiro atoms. The van der Waals surface area contributed by atoms with Crippen molar-refractivity contribution in [1.29, 1.82) is 0 Å². The van der Waals surface area contributed by atoms with Gasteiger partial charge in [-0.15, -0.1) is 0 Å². The molecule has 11 nitrogen and oxygen atoms in total. The van der Waals surface area contributed by atoms with Gasteiger partial charge in [0.05, 0.1) is 5.56 Å². The van der Waals surface area contributed by atoms with E-state index in [1.54, 1.807) is 24.3 Å². The maximum absolute atomic E-state index is 14.4. The van der Waals surface area contributed by atoms with Crippen LogP contribution < -0.4 is 24.7 Å². The molecule has 11 heteroatoms. The normalized spacial score (nSPS) is 23.0. The van der Waals surface area contributed by atoms with Crippen LogP contribution >= 0.6 is 0 Å². The van der Waals surface area contributed by atoms with Gasteiger partial charge in [-0.1, -0.05) is 12.1 Å². The second kappa shape index (κ2) is 9.78. The molecule has 3 aromatic rings. The topological polar surface area (TPSA) is 175 Å². The molecule has 0 saturated carbocycles. The Morgan fingerprint density at radius 2 is 1.40 bits per heavy atom. The monoisotopic (exact) mass is 609 g/mol. The van der Waals surface area contributed by atoms with Crippen molar-refractivity contribution in [2.45, 2.75) is 25.7 Å². The van der Waals surface area contributed by atoms with E-state index in [1.807, 2.05) is 18.2 Å². The minimum absolute atomic E-state index is 0.0348. The van der Waals surface area contributed by atoms with Gasteiger partial charge in [-0.05, 0) is 77.3 Å². The number of Topliss-reactive ketones (excluding diaryl/α,β-unsaturated/α-hetero) is 2. The number of nitrogens with two attached hydrogens (primary N) is 1. The van der Waals surface area contributed by atoms with Crippen molar-refractivity contribution in [3.63, 3.8) is 0 Å². The van der Waals surface area contributed by atoms with Crippen molar-refractivity contribution in [3.8, 4) is 51.0 Å². The summed E-state index contributed by atoms with van der Waals surface area (Å²) in [6.45, 7) is 0.163. The molecule has 0 fully saturated rings. The third kappa shape index (κ3) is 4.07. The van der Waals surface area contributed by atoms with Crippen molar-refractivity contribution in [3.05, 3.63) is 76.3 Å². The summed E-state index contributed by atoms with van der Waals surface area (Å²) in [5.74, 6) is -2.60. The number of benzene rings is 3. The number of hydrogen-bond acceptors (Lipinski definition) is 10. The summed E-state index contributed by atoms with van der Waals surface area (Å²) in [7, 11) is 0. The number of hydrogen-bond donors (Lipinski definition) is 4. The molecule has 2 heterocycles. The van der Waals surface area contributed by atoms with Crippen molar-refractivity contribution in [1.82, 2.24) is 0 Å². The van der Waals surface area contributed by atoms with Gasteiger partial charge < -0.3 is 40.0 Å². The lowest BCUT2D eigenvalue weighted by Gasteiger charge is -2.39.